The number of methoxy groups -OCH3 is 1. The van der Waals surface area contributed by atoms with Gasteiger partial charge in [0.2, 0.25) is 0 Å². The second kappa shape index (κ2) is 11.5. The van der Waals surface area contributed by atoms with E-state index in [1.165, 1.54) is 13.2 Å². The van der Waals surface area contributed by atoms with Crippen LogP contribution in [0.3, 0.4) is 0 Å². The van der Waals surface area contributed by atoms with E-state index in [2.05, 4.69) is 0 Å². The third kappa shape index (κ3) is 7.26. The quantitative estimate of drug-likeness (QED) is 0.377. The van der Waals surface area contributed by atoms with Gasteiger partial charge in [-0.3, -0.25) is 0 Å². The monoisotopic (exact) mass is 487 g/mol. The minimum Gasteiger partial charge on any atom is -0.444 e. The number of carbonyl (C=O) groups is 1. The second-order valence-electron chi connectivity index (χ2n) is 10.2. The van der Waals surface area contributed by atoms with E-state index in [-0.39, 0.29) is 12.2 Å². The lowest BCUT2D eigenvalue weighted by Crippen LogP contribution is -2.47. The maximum absolute atomic E-state index is 14.9. The second-order valence-corrected chi connectivity index (χ2v) is 10.2. The highest BCUT2D eigenvalue weighted by Gasteiger charge is 2.33. The Kier molecular flexibility index (Phi) is 8.91. The molecule has 1 aliphatic rings. The molecule has 1 amide bonds. The van der Waals surface area contributed by atoms with E-state index in [9.17, 15) is 14.3 Å². The molecular weight excluding hydrogens is 449 g/mol. The van der Waals surface area contributed by atoms with Crippen molar-refractivity contribution < 1.29 is 28.5 Å². The molecule has 192 valence electrons. The van der Waals surface area contributed by atoms with Gasteiger partial charge in [-0.25, -0.2) is 9.18 Å². The number of unbranched alkanes of at least 4 members (excludes halogenated alkanes) is 1. The van der Waals surface area contributed by atoms with Gasteiger partial charge in [0.1, 0.15) is 11.4 Å². The number of aryl methyl sites for hydroxylation is 1. The van der Waals surface area contributed by atoms with Crippen molar-refractivity contribution in [2.24, 2.45) is 0 Å². The standard InChI is InChI=1S/C28H38FNO5/c1-20-10-8-11-21(18-20)25-23(13-9-14-24(25)29)28(32,33-5)15-7-6-12-22-19-30(16-17-34-22)26(31)35-27(2,3)4/h8-11,13-14,18,22,32H,6-7,12,15-17,19H2,1-5H3. The van der Waals surface area contributed by atoms with Gasteiger partial charge in [0.05, 0.1) is 19.3 Å². The summed E-state index contributed by atoms with van der Waals surface area (Å²) in [6.45, 7) is 8.95. The number of hydrogen-bond donors (Lipinski definition) is 1. The third-order valence-corrected chi connectivity index (χ3v) is 6.16. The summed E-state index contributed by atoms with van der Waals surface area (Å²) in [5.74, 6) is -2.03. The summed E-state index contributed by atoms with van der Waals surface area (Å²) in [4.78, 5) is 14.1. The van der Waals surface area contributed by atoms with Crippen molar-refractivity contribution in [2.75, 3.05) is 26.8 Å². The van der Waals surface area contributed by atoms with E-state index in [0.717, 1.165) is 18.4 Å². The maximum Gasteiger partial charge on any atom is 0.410 e. The molecule has 0 radical (unpaired) electrons. The van der Waals surface area contributed by atoms with E-state index in [4.69, 9.17) is 14.2 Å². The molecule has 0 aromatic heterocycles. The van der Waals surface area contributed by atoms with Gasteiger partial charge in [-0.1, -0.05) is 48.4 Å². The number of ether oxygens (including phenoxy) is 3. The summed E-state index contributed by atoms with van der Waals surface area (Å²) >= 11 is 0. The van der Waals surface area contributed by atoms with Crippen molar-refractivity contribution in [2.45, 2.75) is 70.9 Å². The van der Waals surface area contributed by atoms with Crippen LogP contribution in [-0.2, 0) is 20.0 Å². The lowest BCUT2D eigenvalue weighted by molar-refractivity contribution is -0.199. The lowest BCUT2D eigenvalue weighted by Gasteiger charge is -2.34. The number of carbonyl (C=O) groups excluding carboxylic acids is 1. The first-order chi connectivity index (χ1) is 16.5. The van der Waals surface area contributed by atoms with Crippen molar-refractivity contribution in [3.8, 4) is 11.1 Å². The van der Waals surface area contributed by atoms with Crippen LogP contribution in [0.1, 0.15) is 57.6 Å². The molecule has 2 aromatic rings. The van der Waals surface area contributed by atoms with Crippen LogP contribution >= 0.6 is 0 Å². The van der Waals surface area contributed by atoms with Gasteiger partial charge in [0.15, 0.2) is 5.79 Å². The van der Waals surface area contributed by atoms with E-state index in [1.54, 1.807) is 17.0 Å². The number of aliphatic hydroxyl groups is 1. The fraction of sp³-hybridized carbons (Fsp3) is 0.536. The number of rotatable bonds is 8. The van der Waals surface area contributed by atoms with Crippen LogP contribution in [0.2, 0.25) is 0 Å². The van der Waals surface area contributed by atoms with Gasteiger partial charge in [0, 0.05) is 31.2 Å². The highest BCUT2D eigenvalue weighted by atomic mass is 19.1. The summed E-state index contributed by atoms with van der Waals surface area (Å²) in [7, 11) is 1.44. The van der Waals surface area contributed by atoms with Gasteiger partial charge in [-0.2, -0.15) is 0 Å². The first kappa shape index (κ1) is 27.1. The molecule has 2 unspecified atom stereocenters. The fourth-order valence-corrected chi connectivity index (χ4v) is 4.41. The van der Waals surface area contributed by atoms with Gasteiger partial charge in [-0.05, 0) is 52.2 Å². The summed E-state index contributed by atoms with van der Waals surface area (Å²) < 4.78 is 31.8. The molecule has 1 saturated heterocycles. The number of amides is 1. The number of morpholine rings is 1. The molecule has 0 saturated carbocycles. The van der Waals surface area contributed by atoms with Crippen molar-refractivity contribution in [3.05, 3.63) is 59.4 Å². The van der Waals surface area contributed by atoms with Crippen LogP contribution < -0.4 is 0 Å². The van der Waals surface area contributed by atoms with Crippen molar-refractivity contribution in [1.29, 1.82) is 0 Å². The van der Waals surface area contributed by atoms with Gasteiger partial charge in [0.25, 0.3) is 0 Å². The zero-order chi connectivity index (χ0) is 25.6. The molecule has 35 heavy (non-hydrogen) atoms. The number of hydrogen-bond acceptors (Lipinski definition) is 5. The Bertz CT molecular complexity index is 1010. The first-order valence-corrected chi connectivity index (χ1v) is 12.3. The predicted molar refractivity (Wildman–Crippen MR) is 133 cm³/mol. The van der Waals surface area contributed by atoms with Gasteiger partial charge in [-0.15, -0.1) is 0 Å². The maximum atomic E-state index is 14.9. The Morgan fingerprint density at radius 2 is 1.94 bits per heavy atom. The predicted octanol–water partition coefficient (Wildman–Crippen LogP) is 5.79. The summed E-state index contributed by atoms with van der Waals surface area (Å²) in [5.41, 5.74) is 1.93. The molecule has 1 fully saturated rings. The first-order valence-electron chi connectivity index (χ1n) is 12.3. The Labute approximate surface area is 208 Å². The number of halogens is 1. The normalized spacial score (nSPS) is 18.3. The molecule has 0 spiro atoms. The fourth-order valence-electron chi connectivity index (χ4n) is 4.41. The summed E-state index contributed by atoms with van der Waals surface area (Å²) in [6, 6.07) is 12.3. The van der Waals surface area contributed by atoms with Crippen LogP contribution in [0.5, 0.6) is 0 Å². The molecule has 7 heteroatoms. The zero-order valence-corrected chi connectivity index (χ0v) is 21.5. The minimum atomic E-state index is -1.63. The van der Waals surface area contributed by atoms with Crippen LogP contribution in [0.25, 0.3) is 11.1 Å². The SMILES string of the molecule is COC(O)(CCCCC1CN(C(=O)OC(C)(C)C)CCO1)c1cccc(F)c1-c1cccc(C)c1. The lowest BCUT2D eigenvalue weighted by atomic mass is 9.90. The average Bonchev–Trinajstić information content (AvgIpc) is 2.80. The van der Waals surface area contributed by atoms with E-state index >= 15 is 0 Å². The van der Waals surface area contributed by atoms with E-state index < -0.39 is 17.2 Å². The summed E-state index contributed by atoms with van der Waals surface area (Å²) in [5, 5.41) is 11.4. The highest BCUT2D eigenvalue weighted by Crippen LogP contribution is 2.38. The molecule has 3 rings (SSSR count). The van der Waals surface area contributed by atoms with E-state index in [1.807, 2.05) is 52.0 Å². The number of nitrogens with zero attached hydrogens (tertiary/aromatic N) is 1. The Morgan fingerprint density at radius 3 is 2.63 bits per heavy atom. The van der Waals surface area contributed by atoms with Crippen LogP contribution in [-0.4, -0.2) is 54.6 Å². The highest BCUT2D eigenvalue weighted by molar-refractivity contribution is 5.70. The largest absolute Gasteiger partial charge is 0.444 e. The average molecular weight is 488 g/mol. The zero-order valence-electron chi connectivity index (χ0n) is 21.5. The van der Waals surface area contributed by atoms with Crippen LogP contribution in [0.15, 0.2) is 42.5 Å². The molecule has 1 heterocycles. The molecule has 0 aliphatic carbocycles. The minimum absolute atomic E-state index is 0.0936. The summed E-state index contributed by atoms with van der Waals surface area (Å²) in [6.07, 6.45) is 2.01. The molecule has 1 aliphatic heterocycles. The van der Waals surface area contributed by atoms with Crippen molar-refractivity contribution in [3.63, 3.8) is 0 Å². The van der Waals surface area contributed by atoms with Crippen molar-refractivity contribution >= 4 is 6.09 Å². The van der Waals surface area contributed by atoms with Crippen molar-refractivity contribution in [1.82, 2.24) is 4.90 Å². The van der Waals surface area contributed by atoms with Gasteiger partial charge < -0.3 is 24.2 Å². The molecule has 2 aromatic carbocycles. The van der Waals surface area contributed by atoms with Crippen LogP contribution in [0, 0.1) is 12.7 Å². The number of benzene rings is 2. The Morgan fingerprint density at radius 1 is 1.20 bits per heavy atom. The third-order valence-electron chi connectivity index (χ3n) is 6.16. The molecular formula is C28H38FNO5. The van der Waals surface area contributed by atoms with E-state index in [0.29, 0.717) is 49.2 Å². The van der Waals surface area contributed by atoms with Crippen LogP contribution in [0.4, 0.5) is 9.18 Å². The molecule has 0 bridgehead atoms. The smallest absolute Gasteiger partial charge is 0.410 e. The Balaban J connectivity index is 1.63. The topological polar surface area (TPSA) is 68.2 Å². The van der Waals surface area contributed by atoms with Gasteiger partial charge >= 0.3 is 6.09 Å². The molecule has 1 N–H and O–H groups in total. The Hall–Kier alpha value is -2.48. The molecule has 6 nitrogen and oxygen atoms in total. The molecule has 2 atom stereocenters.